The molecule has 1 aromatic carbocycles. The minimum absolute atomic E-state index is 0.162. The van der Waals surface area contributed by atoms with Crippen LogP contribution in [0.2, 0.25) is 0 Å². The summed E-state index contributed by atoms with van der Waals surface area (Å²) in [5.41, 5.74) is 3.88. The third-order valence-electron chi connectivity index (χ3n) is 3.55. The lowest BCUT2D eigenvalue weighted by molar-refractivity contribution is 0.584. The summed E-state index contributed by atoms with van der Waals surface area (Å²) in [5, 5.41) is 8.04. The number of nitrogens with zero attached hydrogens (tertiary/aromatic N) is 2. The molecule has 0 radical (unpaired) electrons. The Morgan fingerprint density at radius 3 is 2.25 bits per heavy atom. The van der Waals surface area contributed by atoms with Crippen LogP contribution in [0.15, 0.2) is 36.5 Å². The van der Waals surface area contributed by atoms with Crippen molar-refractivity contribution in [1.29, 1.82) is 0 Å². The van der Waals surface area contributed by atoms with E-state index in [1.165, 1.54) is 11.1 Å². The molecule has 0 saturated heterocycles. The van der Waals surface area contributed by atoms with Crippen LogP contribution in [0.4, 0.5) is 0 Å². The summed E-state index contributed by atoms with van der Waals surface area (Å²) in [6.45, 7) is 9.76. The quantitative estimate of drug-likeness (QED) is 0.923. The number of rotatable bonds is 4. The van der Waals surface area contributed by atoms with Gasteiger partial charge in [0.25, 0.3) is 0 Å². The summed E-state index contributed by atoms with van der Waals surface area (Å²) in [6, 6.07) is 11.1. The van der Waals surface area contributed by atoms with Gasteiger partial charge in [0, 0.05) is 13.2 Å². The molecule has 1 N–H and O–H groups in total. The molecule has 2 rings (SSSR count). The molecule has 0 aliphatic heterocycles. The summed E-state index contributed by atoms with van der Waals surface area (Å²) in [6.07, 6.45) is 1.99. The molecule has 0 bridgehead atoms. The van der Waals surface area contributed by atoms with Crippen molar-refractivity contribution < 1.29 is 0 Å². The smallest absolute Gasteiger partial charge is 0.0839 e. The Morgan fingerprint density at radius 1 is 1.15 bits per heavy atom. The van der Waals surface area contributed by atoms with Crippen molar-refractivity contribution in [2.75, 3.05) is 6.54 Å². The Morgan fingerprint density at radius 2 is 1.80 bits per heavy atom. The van der Waals surface area contributed by atoms with Crippen LogP contribution in [0, 0.1) is 0 Å². The molecule has 0 saturated carbocycles. The standard InChI is InChI=1S/C17H25N3/c1-6-18-16(15-11-12-20(5)19-15)13-7-9-14(10-8-13)17(2,3)4/h7-12,16,18H,6H2,1-5H3. The molecule has 1 aromatic heterocycles. The first kappa shape index (κ1) is 14.8. The summed E-state index contributed by atoms with van der Waals surface area (Å²) in [5.74, 6) is 0. The molecule has 2 aromatic rings. The maximum Gasteiger partial charge on any atom is 0.0839 e. The van der Waals surface area contributed by atoms with Gasteiger partial charge in [0.2, 0.25) is 0 Å². The number of nitrogens with one attached hydrogen (secondary N) is 1. The summed E-state index contributed by atoms with van der Waals surface area (Å²) in [4.78, 5) is 0. The first-order valence-electron chi connectivity index (χ1n) is 7.25. The largest absolute Gasteiger partial charge is 0.305 e. The first-order valence-corrected chi connectivity index (χ1v) is 7.25. The molecule has 3 heteroatoms. The maximum atomic E-state index is 4.53. The zero-order valence-electron chi connectivity index (χ0n) is 13.1. The van der Waals surface area contributed by atoms with Gasteiger partial charge in [0.05, 0.1) is 11.7 Å². The predicted octanol–water partition coefficient (Wildman–Crippen LogP) is 3.42. The van der Waals surface area contributed by atoms with E-state index in [-0.39, 0.29) is 11.5 Å². The van der Waals surface area contributed by atoms with Crippen molar-refractivity contribution >= 4 is 0 Å². The average Bonchev–Trinajstić information content (AvgIpc) is 2.81. The molecule has 20 heavy (non-hydrogen) atoms. The minimum atomic E-state index is 0.162. The van der Waals surface area contributed by atoms with E-state index in [1.54, 1.807) is 0 Å². The van der Waals surface area contributed by atoms with Gasteiger partial charge in [-0.05, 0) is 29.2 Å². The Labute approximate surface area is 122 Å². The number of aromatic nitrogens is 2. The monoisotopic (exact) mass is 271 g/mol. The highest BCUT2D eigenvalue weighted by Crippen LogP contribution is 2.26. The average molecular weight is 271 g/mol. The highest BCUT2D eigenvalue weighted by molar-refractivity contribution is 5.32. The molecule has 108 valence electrons. The van der Waals surface area contributed by atoms with Crippen molar-refractivity contribution in [3.63, 3.8) is 0 Å². The number of aryl methyl sites for hydroxylation is 1. The van der Waals surface area contributed by atoms with Crippen LogP contribution >= 0.6 is 0 Å². The topological polar surface area (TPSA) is 29.9 Å². The van der Waals surface area contributed by atoms with Crippen LogP contribution in [0.1, 0.15) is 50.6 Å². The highest BCUT2D eigenvalue weighted by Gasteiger charge is 2.17. The van der Waals surface area contributed by atoms with Gasteiger partial charge in [-0.1, -0.05) is 52.0 Å². The fourth-order valence-corrected chi connectivity index (χ4v) is 2.36. The summed E-state index contributed by atoms with van der Waals surface area (Å²) < 4.78 is 1.85. The van der Waals surface area contributed by atoms with Crippen molar-refractivity contribution in [1.82, 2.24) is 15.1 Å². The molecule has 0 fully saturated rings. The normalized spacial score (nSPS) is 13.4. The van der Waals surface area contributed by atoms with Gasteiger partial charge in [0.15, 0.2) is 0 Å². The lowest BCUT2D eigenvalue weighted by Crippen LogP contribution is -2.23. The summed E-state index contributed by atoms with van der Waals surface area (Å²) in [7, 11) is 1.95. The van der Waals surface area contributed by atoms with Crippen LogP contribution in [0.5, 0.6) is 0 Å². The van der Waals surface area contributed by atoms with Crippen LogP contribution in [0.25, 0.3) is 0 Å². The minimum Gasteiger partial charge on any atom is -0.305 e. The zero-order chi connectivity index (χ0) is 14.8. The van der Waals surface area contributed by atoms with Crippen molar-refractivity contribution in [2.45, 2.75) is 39.2 Å². The Kier molecular flexibility index (Phi) is 4.29. The van der Waals surface area contributed by atoms with Crippen molar-refractivity contribution in [3.8, 4) is 0 Å². The molecule has 3 nitrogen and oxygen atoms in total. The molecule has 1 heterocycles. The second-order valence-corrected chi connectivity index (χ2v) is 6.28. The van der Waals surface area contributed by atoms with Gasteiger partial charge in [-0.2, -0.15) is 5.10 Å². The molecular weight excluding hydrogens is 246 g/mol. The zero-order valence-corrected chi connectivity index (χ0v) is 13.1. The van der Waals surface area contributed by atoms with Crippen molar-refractivity contribution in [2.24, 2.45) is 7.05 Å². The van der Waals surface area contributed by atoms with Crippen LogP contribution < -0.4 is 5.32 Å². The molecule has 0 spiro atoms. The van der Waals surface area contributed by atoms with E-state index >= 15 is 0 Å². The van der Waals surface area contributed by atoms with Gasteiger partial charge in [-0.15, -0.1) is 0 Å². The fourth-order valence-electron chi connectivity index (χ4n) is 2.36. The number of hydrogen-bond acceptors (Lipinski definition) is 2. The Hall–Kier alpha value is -1.61. The van der Waals surface area contributed by atoms with Gasteiger partial charge in [0.1, 0.15) is 0 Å². The number of benzene rings is 1. The van der Waals surface area contributed by atoms with Gasteiger partial charge < -0.3 is 5.32 Å². The van der Waals surface area contributed by atoms with E-state index in [2.05, 4.69) is 68.4 Å². The molecule has 0 amide bonds. The SMILES string of the molecule is CCNC(c1ccc(C(C)(C)C)cc1)c1ccn(C)n1. The van der Waals surface area contributed by atoms with Gasteiger partial charge in [-0.25, -0.2) is 0 Å². The van der Waals surface area contributed by atoms with Crippen LogP contribution in [-0.4, -0.2) is 16.3 Å². The van der Waals surface area contributed by atoms with Gasteiger partial charge >= 0.3 is 0 Å². The number of hydrogen-bond donors (Lipinski definition) is 1. The Bertz CT molecular complexity index is 546. The van der Waals surface area contributed by atoms with Crippen molar-refractivity contribution in [3.05, 3.63) is 53.3 Å². The van der Waals surface area contributed by atoms with E-state index in [1.807, 2.05) is 17.9 Å². The van der Waals surface area contributed by atoms with E-state index < -0.39 is 0 Å². The fraction of sp³-hybridized carbons (Fsp3) is 0.471. The predicted molar refractivity (Wildman–Crippen MR) is 83.9 cm³/mol. The lowest BCUT2D eigenvalue weighted by Gasteiger charge is -2.21. The van der Waals surface area contributed by atoms with E-state index in [0.29, 0.717) is 0 Å². The first-order chi connectivity index (χ1) is 9.41. The maximum absolute atomic E-state index is 4.53. The lowest BCUT2D eigenvalue weighted by atomic mass is 9.86. The van der Waals surface area contributed by atoms with E-state index in [9.17, 15) is 0 Å². The third kappa shape index (κ3) is 3.28. The molecule has 1 atom stereocenters. The molecule has 0 aliphatic carbocycles. The molecule has 1 unspecified atom stereocenters. The van der Waals surface area contributed by atoms with Gasteiger partial charge in [-0.3, -0.25) is 4.68 Å². The van der Waals surface area contributed by atoms with E-state index in [4.69, 9.17) is 0 Å². The summed E-state index contributed by atoms with van der Waals surface area (Å²) >= 11 is 0. The molecule has 0 aliphatic rings. The second-order valence-electron chi connectivity index (χ2n) is 6.28. The third-order valence-corrected chi connectivity index (χ3v) is 3.55. The molecular formula is C17H25N3. The highest BCUT2D eigenvalue weighted by atomic mass is 15.3. The Balaban J connectivity index is 2.30. The van der Waals surface area contributed by atoms with Crippen LogP contribution in [-0.2, 0) is 12.5 Å². The van der Waals surface area contributed by atoms with E-state index in [0.717, 1.165) is 12.2 Å². The van der Waals surface area contributed by atoms with Crippen LogP contribution in [0.3, 0.4) is 0 Å². The second kappa shape index (κ2) is 5.80.